The Kier molecular flexibility index (Phi) is 8.53. The van der Waals surface area contributed by atoms with Gasteiger partial charge in [-0.1, -0.05) is 48.5 Å². The first-order chi connectivity index (χ1) is 18.9. The fraction of sp³-hybridized carbons (Fsp3) is 0.133. The highest BCUT2D eigenvalue weighted by Gasteiger charge is 2.16. The van der Waals surface area contributed by atoms with Gasteiger partial charge in [0.05, 0.1) is 32.5 Å². The molecule has 4 aromatic rings. The Morgan fingerprint density at radius 1 is 0.846 bits per heavy atom. The molecule has 0 spiro atoms. The van der Waals surface area contributed by atoms with Crippen LogP contribution in [0.2, 0.25) is 0 Å². The second-order valence-electron chi connectivity index (χ2n) is 8.45. The Morgan fingerprint density at radius 3 is 2.33 bits per heavy atom. The van der Waals surface area contributed by atoms with Gasteiger partial charge in [-0.05, 0) is 53.6 Å². The number of methoxy groups -OCH3 is 2. The van der Waals surface area contributed by atoms with E-state index in [0.29, 0.717) is 22.6 Å². The molecular weight excluding hydrogens is 498 g/mol. The van der Waals surface area contributed by atoms with Crippen LogP contribution in [0.3, 0.4) is 0 Å². The molecule has 2 amide bonds. The van der Waals surface area contributed by atoms with Crippen LogP contribution in [0.25, 0.3) is 10.8 Å². The van der Waals surface area contributed by atoms with Gasteiger partial charge in [-0.2, -0.15) is 5.10 Å². The lowest BCUT2D eigenvalue weighted by Crippen LogP contribution is -2.35. The van der Waals surface area contributed by atoms with E-state index in [1.54, 1.807) is 30.3 Å². The van der Waals surface area contributed by atoms with Crippen LogP contribution in [0.4, 0.5) is 0 Å². The Bertz CT molecular complexity index is 1560. The second kappa shape index (κ2) is 12.4. The van der Waals surface area contributed by atoms with E-state index < -0.39 is 11.9 Å². The number of hydrogen-bond donors (Lipinski definition) is 2. The Balaban J connectivity index is 1.50. The monoisotopic (exact) mass is 525 g/mol. The largest absolute Gasteiger partial charge is 0.493 e. The van der Waals surface area contributed by atoms with E-state index in [0.717, 1.165) is 16.3 Å². The number of esters is 1. The minimum Gasteiger partial charge on any atom is -0.493 e. The number of carbonyl (C=O) groups is 3. The van der Waals surface area contributed by atoms with E-state index in [2.05, 4.69) is 15.8 Å². The Morgan fingerprint density at radius 2 is 1.56 bits per heavy atom. The number of nitrogens with one attached hydrogen (secondary N) is 2. The summed E-state index contributed by atoms with van der Waals surface area (Å²) in [6, 6.07) is 22.8. The van der Waals surface area contributed by atoms with Crippen molar-refractivity contribution >= 4 is 34.8 Å². The fourth-order valence-electron chi connectivity index (χ4n) is 3.91. The smallest absolute Gasteiger partial charge is 0.343 e. The number of nitrogens with zero attached hydrogens (tertiary/aromatic N) is 1. The number of benzene rings is 4. The molecular formula is C30H27N3O6. The van der Waals surface area contributed by atoms with Crippen molar-refractivity contribution in [3.8, 4) is 17.2 Å². The average molecular weight is 526 g/mol. The summed E-state index contributed by atoms with van der Waals surface area (Å²) in [6.07, 6.45) is 1.40. The van der Waals surface area contributed by atoms with Gasteiger partial charge >= 0.3 is 5.97 Å². The topological polar surface area (TPSA) is 115 Å². The molecule has 0 unspecified atom stereocenters. The van der Waals surface area contributed by atoms with Crippen LogP contribution in [0, 0.1) is 6.92 Å². The minimum absolute atomic E-state index is 0.249. The zero-order valence-corrected chi connectivity index (χ0v) is 21.7. The normalized spacial score (nSPS) is 10.7. The van der Waals surface area contributed by atoms with Gasteiger partial charge in [0.25, 0.3) is 11.8 Å². The molecule has 9 heteroatoms. The molecule has 0 aliphatic rings. The minimum atomic E-state index is -0.608. The van der Waals surface area contributed by atoms with Crippen molar-refractivity contribution in [2.45, 2.75) is 6.92 Å². The molecule has 4 aromatic carbocycles. The highest BCUT2D eigenvalue weighted by atomic mass is 16.5. The van der Waals surface area contributed by atoms with Crippen molar-refractivity contribution in [2.75, 3.05) is 20.8 Å². The van der Waals surface area contributed by atoms with Crippen LogP contribution in [-0.4, -0.2) is 44.8 Å². The first-order valence-corrected chi connectivity index (χ1v) is 12.0. The van der Waals surface area contributed by atoms with E-state index in [4.69, 9.17) is 14.2 Å². The lowest BCUT2D eigenvalue weighted by molar-refractivity contribution is -0.120. The predicted octanol–water partition coefficient (Wildman–Crippen LogP) is 4.26. The summed E-state index contributed by atoms with van der Waals surface area (Å²) in [6.45, 7) is 1.56. The maximum Gasteiger partial charge on any atom is 0.343 e. The molecule has 0 heterocycles. The maximum absolute atomic E-state index is 13.0. The second-order valence-corrected chi connectivity index (χ2v) is 8.45. The molecule has 4 rings (SSSR count). The highest BCUT2D eigenvalue weighted by molar-refractivity contribution is 6.04. The van der Waals surface area contributed by atoms with Gasteiger partial charge in [0.15, 0.2) is 11.5 Å². The van der Waals surface area contributed by atoms with Gasteiger partial charge in [-0.3, -0.25) is 9.59 Å². The molecule has 0 atom stereocenters. The molecule has 0 radical (unpaired) electrons. The van der Waals surface area contributed by atoms with Crippen LogP contribution < -0.4 is 25.0 Å². The summed E-state index contributed by atoms with van der Waals surface area (Å²) < 4.78 is 16.2. The SMILES string of the molecule is COc1ccc(C(=O)Oc2ccc3ccccc3c2C=NNC(=O)CNC(=O)c2ccccc2C)cc1OC. The van der Waals surface area contributed by atoms with E-state index in [9.17, 15) is 14.4 Å². The fourth-order valence-corrected chi connectivity index (χ4v) is 3.91. The van der Waals surface area contributed by atoms with Crippen molar-refractivity contribution in [1.82, 2.24) is 10.7 Å². The van der Waals surface area contributed by atoms with Gasteiger partial charge in [0, 0.05) is 11.1 Å². The molecule has 2 N–H and O–H groups in total. The molecule has 39 heavy (non-hydrogen) atoms. The quantitative estimate of drug-likeness (QED) is 0.146. The van der Waals surface area contributed by atoms with E-state index in [1.807, 2.05) is 49.4 Å². The van der Waals surface area contributed by atoms with E-state index >= 15 is 0 Å². The molecule has 0 aliphatic carbocycles. The van der Waals surface area contributed by atoms with Gasteiger partial charge in [-0.15, -0.1) is 0 Å². The van der Waals surface area contributed by atoms with E-state index in [1.165, 1.54) is 26.5 Å². The first kappa shape index (κ1) is 26.9. The number of rotatable bonds is 9. The van der Waals surface area contributed by atoms with Crippen LogP contribution in [0.15, 0.2) is 84.0 Å². The highest BCUT2D eigenvalue weighted by Crippen LogP contribution is 2.30. The number of aryl methyl sites for hydroxylation is 1. The molecule has 0 saturated carbocycles. The number of ether oxygens (including phenoxy) is 3. The number of hydrazone groups is 1. The third-order valence-electron chi connectivity index (χ3n) is 5.93. The molecule has 198 valence electrons. The number of fused-ring (bicyclic) bond motifs is 1. The zero-order valence-electron chi connectivity index (χ0n) is 21.7. The predicted molar refractivity (Wildman–Crippen MR) is 148 cm³/mol. The van der Waals surface area contributed by atoms with Crippen molar-refractivity contribution in [3.05, 3.63) is 101 Å². The summed E-state index contributed by atoms with van der Waals surface area (Å²) >= 11 is 0. The number of amides is 2. The summed E-state index contributed by atoms with van der Waals surface area (Å²) in [5.41, 5.74) is 4.46. The van der Waals surface area contributed by atoms with Crippen LogP contribution in [-0.2, 0) is 4.79 Å². The Labute approximate surface area is 225 Å². The number of carbonyl (C=O) groups excluding carboxylic acids is 3. The standard InChI is InChI=1S/C30H27N3O6/c1-19-8-4-6-10-22(19)29(35)31-18-28(34)33-32-17-24-23-11-7-5-9-20(23)12-14-25(24)39-30(36)21-13-15-26(37-2)27(16-21)38-3/h4-17H,18H2,1-3H3,(H,31,35)(H,33,34). The third kappa shape index (κ3) is 6.40. The molecule has 0 aromatic heterocycles. The summed E-state index contributed by atoms with van der Waals surface area (Å²) in [5.74, 6) is -0.353. The average Bonchev–Trinajstić information content (AvgIpc) is 2.96. The first-order valence-electron chi connectivity index (χ1n) is 12.0. The molecule has 0 bridgehead atoms. The van der Waals surface area contributed by atoms with E-state index in [-0.39, 0.29) is 23.8 Å². The summed E-state index contributed by atoms with van der Waals surface area (Å²) in [5, 5.41) is 8.28. The van der Waals surface area contributed by atoms with Gasteiger partial charge in [-0.25, -0.2) is 10.2 Å². The maximum atomic E-state index is 13.0. The summed E-state index contributed by atoms with van der Waals surface area (Å²) in [4.78, 5) is 37.7. The number of hydrogen-bond acceptors (Lipinski definition) is 7. The van der Waals surface area contributed by atoms with Gasteiger partial charge in [0.1, 0.15) is 5.75 Å². The van der Waals surface area contributed by atoms with Crippen molar-refractivity contribution in [3.63, 3.8) is 0 Å². The van der Waals surface area contributed by atoms with Crippen molar-refractivity contribution in [1.29, 1.82) is 0 Å². The van der Waals surface area contributed by atoms with Crippen molar-refractivity contribution in [2.24, 2.45) is 5.10 Å². The zero-order chi connectivity index (χ0) is 27.8. The Hall–Kier alpha value is -5.18. The van der Waals surface area contributed by atoms with Crippen LogP contribution >= 0.6 is 0 Å². The van der Waals surface area contributed by atoms with Gasteiger partial charge < -0.3 is 19.5 Å². The van der Waals surface area contributed by atoms with Crippen LogP contribution in [0.5, 0.6) is 17.2 Å². The van der Waals surface area contributed by atoms with Crippen LogP contribution in [0.1, 0.15) is 31.8 Å². The molecule has 0 fully saturated rings. The lowest BCUT2D eigenvalue weighted by Gasteiger charge is -2.12. The summed E-state index contributed by atoms with van der Waals surface area (Å²) in [7, 11) is 2.99. The molecule has 0 aliphatic heterocycles. The van der Waals surface area contributed by atoms with Gasteiger partial charge in [0.2, 0.25) is 0 Å². The third-order valence-corrected chi connectivity index (χ3v) is 5.93. The van der Waals surface area contributed by atoms with Crippen molar-refractivity contribution < 1.29 is 28.6 Å². The molecule has 0 saturated heterocycles. The molecule has 9 nitrogen and oxygen atoms in total. The lowest BCUT2D eigenvalue weighted by atomic mass is 10.0.